The van der Waals surface area contributed by atoms with Crippen LogP contribution >= 0.6 is 0 Å². The van der Waals surface area contributed by atoms with Crippen LogP contribution in [0.4, 0.5) is 13.2 Å². The molecular weight excluding hydrogens is 309 g/mol. The fraction of sp³-hybridized carbons (Fsp3) is 0.333. The number of hydrogen-bond acceptors (Lipinski definition) is 3. The highest BCUT2D eigenvalue weighted by Gasteiger charge is 2.29. The molecule has 2 rings (SSSR count). The summed E-state index contributed by atoms with van der Waals surface area (Å²) in [7, 11) is 0. The van der Waals surface area contributed by atoms with Crippen molar-refractivity contribution in [3.63, 3.8) is 0 Å². The van der Waals surface area contributed by atoms with E-state index < -0.39 is 17.8 Å². The summed E-state index contributed by atoms with van der Waals surface area (Å²) in [6, 6.07) is 4.16. The van der Waals surface area contributed by atoms with Gasteiger partial charge in [-0.3, -0.25) is 4.79 Å². The molecule has 2 aromatic rings. The zero-order chi connectivity index (χ0) is 16.9. The summed E-state index contributed by atoms with van der Waals surface area (Å²) >= 11 is 0. The van der Waals surface area contributed by atoms with Gasteiger partial charge in [-0.25, -0.2) is 4.98 Å². The van der Waals surface area contributed by atoms with E-state index in [2.05, 4.69) is 15.3 Å². The van der Waals surface area contributed by atoms with Crippen molar-refractivity contribution >= 4 is 5.91 Å². The van der Waals surface area contributed by atoms with E-state index in [1.165, 1.54) is 18.5 Å². The monoisotopic (exact) mass is 326 g/mol. The van der Waals surface area contributed by atoms with Crippen LogP contribution in [0.2, 0.25) is 0 Å². The topological polar surface area (TPSA) is 83.8 Å². The maximum absolute atomic E-state index is 12.4. The SMILES string of the molecule is N[C@@H](Cc1cnc[nH]1)C(=O)NCCc1ccc(C(F)(F)F)cc1. The van der Waals surface area contributed by atoms with E-state index in [-0.39, 0.29) is 5.91 Å². The Hall–Kier alpha value is -2.35. The largest absolute Gasteiger partial charge is 0.416 e. The molecule has 0 fully saturated rings. The minimum atomic E-state index is -4.34. The lowest BCUT2D eigenvalue weighted by Gasteiger charge is -2.12. The van der Waals surface area contributed by atoms with Gasteiger partial charge in [-0.15, -0.1) is 0 Å². The normalized spacial score (nSPS) is 12.9. The number of nitrogens with two attached hydrogens (primary N) is 1. The third-order valence-corrected chi connectivity index (χ3v) is 3.33. The Morgan fingerprint density at radius 2 is 2.00 bits per heavy atom. The van der Waals surface area contributed by atoms with Gasteiger partial charge in [-0.1, -0.05) is 12.1 Å². The van der Waals surface area contributed by atoms with Crippen molar-refractivity contribution in [2.24, 2.45) is 5.73 Å². The summed E-state index contributed by atoms with van der Waals surface area (Å²) < 4.78 is 37.3. The van der Waals surface area contributed by atoms with Gasteiger partial charge in [-0.05, 0) is 24.1 Å². The van der Waals surface area contributed by atoms with Crippen LogP contribution in [0.3, 0.4) is 0 Å². The van der Waals surface area contributed by atoms with Crippen LogP contribution in [0.15, 0.2) is 36.8 Å². The minimum Gasteiger partial charge on any atom is -0.354 e. The first kappa shape index (κ1) is 17.0. The van der Waals surface area contributed by atoms with Crippen LogP contribution in [-0.2, 0) is 23.8 Å². The highest BCUT2D eigenvalue weighted by molar-refractivity contribution is 5.81. The molecule has 5 nitrogen and oxygen atoms in total. The van der Waals surface area contributed by atoms with Crippen LogP contribution in [0.5, 0.6) is 0 Å². The number of aromatic amines is 1. The summed E-state index contributed by atoms with van der Waals surface area (Å²) in [5.41, 5.74) is 6.55. The summed E-state index contributed by atoms with van der Waals surface area (Å²) in [5, 5.41) is 2.67. The first-order chi connectivity index (χ1) is 10.9. The summed E-state index contributed by atoms with van der Waals surface area (Å²) in [5.74, 6) is -0.313. The van der Waals surface area contributed by atoms with E-state index in [1.54, 1.807) is 6.20 Å². The summed E-state index contributed by atoms with van der Waals surface area (Å²) in [6.07, 6.45) is -0.473. The Balaban J connectivity index is 1.77. The average Bonchev–Trinajstić information content (AvgIpc) is 2.99. The standard InChI is InChI=1S/C15H17F3N4O/c16-15(17,18)11-3-1-10(2-4-11)5-6-21-14(23)13(19)7-12-8-20-9-22-12/h1-4,8-9,13H,5-7,19H2,(H,20,22)(H,21,23)/t13-/m0/s1. The molecular formula is C15H17F3N4O. The van der Waals surface area contributed by atoms with Crippen LogP contribution in [0.1, 0.15) is 16.8 Å². The van der Waals surface area contributed by atoms with Gasteiger partial charge in [0, 0.05) is 24.9 Å². The molecule has 0 aliphatic rings. The van der Waals surface area contributed by atoms with Crippen molar-refractivity contribution in [1.29, 1.82) is 0 Å². The number of aromatic nitrogens is 2. The van der Waals surface area contributed by atoms with Crippen molar-refractivity contribution in [2.75, 3.05) is 6.54 Å². The lowest BCUT2D eigenvalue weighted by atomic mass is 10.1. The second-order valence-electron chi connectivity index (χ2n) is 5.12. The number of benzene rings is 1. The van der Waals surface area contributed by atoms with E-state index >= 15 is 0 Å². The van der Waals surface area contributed by atoms with Gasteiger partial charge in [0.1, 0.15) is 0 Å². The first-order valence-corrected chi connectivity index (χ1v) is 7.03. The average molecular weight is 326 g/mol. The highest BCUT2D eigenvalue weighted by atomic mass is 19.4. The summed E-state index contributed by atoms with van der Waals surface area (Å²) in [4.78, 5) is 18.5. The quantitative estimate of drug-likeness (QED) is 0.755. The third-order valence-electron chi connectivity index (χ3n) is 3.33. The Morgan fingerprint density at radius 3 is 2.57 bits per heavy atom. The van der Waals surface area contributed by atoms with Crippen LogP contribution in [-0.4, -0.2) is 28.5 Å². The number of amides is 1. The van der Waals surface area contributed by atoms with Gasteiger partial charge in [0.05, 0.1) is 17.9 Å². The minimum absolute atomic E-state index is 0.306. The molecule has 1 amide bonds. The number of imidazole rings is 1. The fourth-order valence-corrected chi connectivity index (χ4v) is 2.05. The molecule has 23 heavy (non-hydrogen) atoms. The fourth-order valence-electron chi connectivity index (χ4n) is 2.05. The molecule has 1 atom stereocenters. The molecule has 0 spiro atoms. The lowest BCUT2D eigenvalue weighted by molar-refractivity contribution is -0.137. The number of nitrogens with zero attached hydrogens (tertiary/aromatic N) is 1. The number of carbonyl (C=O) groups excluding carboxylic acids is 1. The van der Waals surface area contributed by atoms with Gasteiger partial charge >= 0.3 is 6.18 Å². The second-order valence-corrected chi connectivity index (χ2v) is 5.12. The van der Waals surface area contributed by atoms with Crippen LogP contribution < -0.4 is 11.1 Å². The molecule has 124 valence electrons. The number of halogens is 3. The van der Waals surface area contributed by atoms with E-state index in [0.717, 1.165) is 17.8 Å². The van der Waals surface area contributed by atoms with E-state index in [9.17, 15) is 18.0 Å². The molecule has 0 saturated heterocycles. The molecule has 0 saturated carbocycles. The second kappa shape index (κ2) is 7.28. The Labute approximate surface area is 131 Å². The molecule has 0 aliphatic heterocycles. The zero-order valence-electron chi connectivity index (χ0n) is 12.2. The van der Waals surface area contributed by atoms with E-state index in [1.807, 2.05) is 0 Å². The van der Waals surface area contributed by atoms with Gasteiger partial charge in [-0.2, -0.15) is 13.2 Å². The first-order valence-electron chi connectivity index (χ1n) is 7.03. The number of H-pyrrole nitrogens is 1. The molecule has 0 aliphatic carbocycles. The van der Waals surface area contributed by atoms with Crippen molar-refractivity contribution in [3.8, 4) is 0 Å². The van der Waals surface area contributed by atoms with Crippen molar-refractivity contribution in [3.05, 3.63) is 53.6 Å². The van der Waals surface area contributed by atoms with Gasteiger partial charge in [0.15, 0.2) is 0 Å². The number of alkyl halides is 3. The van der Waals surface area contributed by atoms with Gasteiger partial charge in [0.2, 0.25) is 5.91 Å². The molecule has 0 unspecified atom stereocenters. The highest BCUT2D eigenvalue weighted by Crippen LogP contribution is 2.29. The zero-order valence-corrected chi connectivity index (χ0v) is 12.2. The predicted molar refractivity (Wildman–Crippen MR) is 78.4 cm³/mol. The van der Waals surface area contributed by atoms with Crippen LogP contribution in [0, 0.1) is 0 Å². The Kier molecular flexibility index (Phi) is 5.38. The summed E-state index contributed by atoms with van der Waals surface area (Å²) in [6.45, 7) is 0.306. The van der Waals surface area contributed by atoms with E-state index in [0.29, 0.717) is 24.9 Å². The number of carbonyl (C=O) groups is 1. The maximum Gasteiger partial charge on any atom is 0.416 e. The van der Waals surface area contributed by atoms with Crippen molar-refractivity contribution < 1.29 is 18.0 Å². The Bertz CT molecular complexity index is 623. The van der Waals surface area contributed by atoms with Gasteiger partial charge in [0.25, 0.3) is 0 Å². The molecule has 1 aromatic carbocycles. The predicted octanol–water partition coefficient (Wildman–Crippen LogP) is 1.66. The third kappa shape index (κ3) is 5.10. The molecule has 0 bridgehead atoms. The smallest absolute Gasteiger partial charge is 0.354 e. The molecule has 1 aromatic heterocycles. The van der Waals surface area contributed by atoms with Gasteiger partial charge < -0.3 is 16.0 Å². The number of rotatable bonds is 6. The van der Waals surface area contributed by atoms with Crippen LogP contribution in [0.25, 0.3) is 0 Å². The molecule has 4 N–H and O–H groups in total. The molecule has 8 heteroatoms. The maximum atomic E-state index is 12.4. The Morgan fingerprint density at radius 1 is 1.30 bits per heavy atom. The molecule has 1 heterocycles. The lowest BCUT2D eigenvalue weighted by Crippen LogP contribution is -2.42. The van der Waals surface area contributed by atoms with Crippen molar-refractivity contribution in [1.82, 2.24) is 15.3 Å². The number of hydrogen-bond donors (Lipinski definition) is 3. The van der Waals surface area contributed by atoms with E-state index in [4.69, 9.17) is 5.73 Å². The van der Waals surface area contributed by atoms with Crippen molar-refractivity contribution in [2.45, 2.75) is 25.1 Å². The number of nitrogens with one attached hydrogen (secondary N) is 2. The molecule has 0 radical (unpaired) electrons.